The van der Waals surface area contributed by atoms with E-state index in [1.165, 1.54) is 0 Å². The Labute approximate surface area is 131 Å². The van der Waals surface area contributed by atoms with E-state index < -0.39 is 24.5 Å². The van der Waals surface area contributed by atoms with Crippen LogP contribution < -0.4 is 0 Å². The lowest BCUT2D eigenvalue weighted by Gasteiger charge is -2.19. The van der Waals surface area contributed by atoms with Crippen LogP contribution in [0.15, 0.2) is 18.7 Å². The molecule has 2 aromatic rings. The Kier molecular flexibility index (Phi) is 3.71. The molecule has 1 saturated heterocycles. The van der Waals surface area contributed by atoms with Crippen LogP contribution in [0.1, 0.15) is 19.0 Å². The van der Waals surface area contributed by atoms with Crippen LogP contribution in [-0.2, 0) is 4.74 Å². The zero-order valence-corrected chi connectivity index (χ0v) is 12.7. The summed E-state index contributed by atoms with van der Waals surface area (Å²) in [5.41, 5.74) is 1.27. The first-order valence-electron chi connectivity index (χ1n) is 6.45. The number of hydrogen-bond donors (Lipinski definition) is 2. The van der Waals surface area contributed by atoms with Crippen molar-refractivity contribution in [2.24, 2.45) is 0 Å². The second-order valence-corrected chi connectivity index (χ2v) is 5.83. The molecular weight excluding hydrogens is 315 g/mol. The molecule has 0 spiro atoms. The van der Waals surface area contributed by atoms with Crippen molar-refractivity contribution in [2.75, 3.05) is 0 Å². The highest BCUT2D eigenvalue weighted by molar-refractivity contribution is 6.42. The third-order valence-electron chi connectivity index (χ3n) is 3.67. The van der Waals surface area contributed by atoms with E-state index in [2.05, 4.69) is 11.6 Å². The Hall–Kier alpha value is -1.11. The molecule has 0 bridgehead atoms. The van der Waals surface area contributed by atoms with Crippen LogP contribution in [0.25, 0.3) is 17.1 Å². The highest BCUT2D eigenvalue weighted by Crippen LogP contribution is 2.35. The van der Waals surface area contributed by atoms with Gasteiger partial charge in [-0.05, 0) is 25.1 Å². The molecule has 0 saturated carbocycles. The van der Waals surface area contributed by atoms with Gasteiger partial charge in [0, 0.05) is 0 Å². The first kappa shape index (κ1) is 14.8. The van der Waals surface area contributed by atoms with Gasteiger partial charge in [-0.25, -0.2) is 4.98 Å². The predicted octanol–water partition coefficient (Wildman–Crippen LogP) is 2.63. The van der Waals surface area contributed by atoms with Crippen LogP contribution in [-0.4, -0.2) is 38.1 Å². The van der Waals surface area contributed by atoms with Crippen LogP contribution in [0.5, 0.6) is 0 Å². The fourth-order valence-electron chi connectivity index (χ4n) is 2.56. The monoisotopic (exact) mass is 328 g/mol. The number of ether oxygens (including phenoxy) is 1. The Morgan fingerprint density at radius 1 is 1.29 bits per heavy atom. The molecule has 7 heteroatoms. The van der Waals surface area contributed by atoms with E-state index in [1.54, 1.807) is 29.7 Å². The lowest BCUT2D eigenvalue weighted by molar-refractivity contribution is -0.0300. The smallest absolute Gasteiger partial charge is 0.164 e. The molecule has 3 rings (SSSR count). The molecule has 0 unspecified atom stereocenters. The number of halogens is 2. The maximum atomic E-state index is 10.2. The van der Waals surface area contributed by atoms with Crippen molar-refractivity contribution in [3.8, 4) is 0 Å². The Balaban J connectivity index is 2.21. The summed E-state index contributed by atoms with van der Waals surface area (Å²) >= 11 is 12.1. The van der Waals surface area contributed by atoms with Gasteiger partial charge in [-0.2, -0.15) is 0 Å². The van der Waals surface area contributed by atoms with Gasteiger partial charge in [0.25, 0.3) is 0 Å². The van der Waals surface area contributed by atoms with Crippen molar-refractivity contribution in [3.63, 3.8) is 0 Å². The van der Waals surface area contributed by atoms with Gasteiger partial charge in [0.1, 0.15) is 18.0 Å². The number of fused-ring (bicyclic) bond motifs is 1. The second kappa shape index (κ2) is 5.26. The van der Waals surface area contributed by atoms with Crippen LogP contribution in [0, 0.1) is 0 Å². The van der Waals surface area contributed by atoms with E-state index in [4.69, 9.17) is 27.9 Å². The summed E-state index contributed by atoms with van der Waals surface area (Å²) < 4.78 is 7.32. The quantitative estimate of drug-likeness (QED) is 0.889. The van der Waals surface area contributed by atoms with Crippen molar-refractivity contribution in [1.82, 2.24) is 9.55 Å². The molecule has 0 aliphatic carbocycles. The molecule has 5 nitrogen and oxygen atoms in total. The molecule has 2 N–H and O–H groups in total. The number of rotatable bonds is 2. The molecule has 1 aromatic carbocycles. The van der Waals surface area contributed by atoms with Crippen LogP contribution in [0.3, 0.4) is 0 Å². The van der Waals surface area contributed by atoms with Gasteiger partial charge >= 0.3 is 0 Å². The average Bonchev–Trinajstić information content (AvgIpc) is 2.91. The molecule has 1 aromatic heterocycles. The molecule has 0 radical (unpaired) electrons. The van der Waals surface area contributed by atoms with Crippen LogP contribution in [0.2, 0.25) is 10.0 Å². The van der Waals surface area contributed by atoms with Gasteiger partial charge in [-0.3, -0.25) is 4.57 Å². The van der Waals surface area contributed by atoms with Crippen molar-refractivity contribution >= 4 is 40.3 Å². The van der Waals surface area contributed by atoms with Gasteiger partial charge in [-0.15, -0.1) is 0 Å². The first-order valence-corrected chi connectivity index (χ1v) is 7.20. The highest BCUT2D eigenvalue weighted by atomic mass is 35.5. The summed E-state index contributed by atoms with van der Waals surface area (Å²) in [6.45, 7) is 5.42. The molecule has 21 heavy (non-hydrogen) atoms. The van der Waals surface area contributed by atoms with Gasteiger partial charge in [0.15, 0.2) is 6.23 Å². The molecular formula is C14H14Cl2N2O3. The number of aromatic nitrogens is 2. The summed E-state index contributed by atoms with van der Waals surface area (Å²) in [5, 5.41) is 20.8. The Morgan fingerprint density at radius 3 is 2.52 bits per heavy atom. The second-order valence-electron chi connectivity index (χ2n) is 5.01. The zero-order valence-electron chi connectivity index (χ0n) is 11.2. The number of aliphatic hydroxyl groups is 2. The summed E-state index contributed by atoms with van der Waals surface area (Å²) in [5.74, 6) is 0.508. The van der Waals surface area contributed by atoms with Gasteiger partial charge in [0.05, 0.1) is 27.2 Å². The third-order valence-corrected chi connectivity index (χ3v) is 4.40. The minimum absolute atomic E-state index is 0.377. The molecule has 1 aliphatic heterocycles. The van der Waals surface area contributed by atoms with Crippen LogP contribution in [0.4, 0.5) is 0 Å². The number of aliphatic hydroxyl groups excluding tert-OH is 2. The van der Waals surface area contributed by atoms with Crippen molar-refractivity contribution < 1.29 is 14.9 Å². The van der Waals surface area contributed by atoms with Crippen molar-refractivity contribution in [2.45, 2.75) is 31.5 Å². The molecule has 112 valence electrons. The SMILES string of the molecule is C=Cc1nc2cc(Cl)c(Cl)cc2n1[C@@H]1O[C@H](C)[C@@H](O)[C@H]1O. The summed E-state index contributed by atoms with van der Waals surface area (Å²) in [6, 6.07) is 3.30. The maximum Gasteiger partial charge on any atom is 0.164 e. The lowest BCUT2D eigenvalue weighted by Crippen LogP contribution is -2.30. The zero-order chi connectivity index (χ0) is 15.3. The third kappa shape index (κ3) is 2.25. The van der Waals surface area contributed by atoms with Gasteiger partial charge < -0.3 is 14.9 Å². The summed E-state index contributed by atoms with van der Waals surface area (Å²) in [6.07, 6.45) is -1.72. The molecule has 1 aliphatic rings. The summed E-state index contributed by atoms with van der Waals surface area (Å²) in [7, 11) is 0. The standard InChI is InChI=1S/C14H14Cl2N2O3/c1-3-11-17-9-4-7(15)8(16)5-10(9)18(11)14-13(20)12(19)6(2)21-14/h3-6,12-14,19-20H,1H2,2H3/t6-,12-,13-,14-/m1/s1. The van der Waals surface area contributed by atoms with Gasteiger partial charge in [-0.1, -0.05) is 29.8 Å². The number of imidazole rings is 1. The Morgan fingerprint density at radius 2 is 1.95 bits per heavy atom. The number of benzene rings is 1. The molecule has 4 atom stereocenters. The summed E-state index contributed by atoms with van der Waals surface area (Å²) in [4.78, 5) is 4.39. The van der Waals surface area contributed by atoms with E-state index in [0.717, 1.165) is 0 Å². The fraction of sp³-hybridized carbons (Fsp3) is 0.357. The fourth-order valence-corrected chi connectivity index (χ4v) is 2.88. The van der Waals surface area contributed by atoms with E-state index in [9.17, 15) is 10.2 Å². The van der Waals surface area contributed by atoms with E-state index in [-0.39, 0.29) is 0 Å². The largest absolute Gasteiger partial charge is 0.388 e. The van der Waals surface area contributed by atoms with E-state index in [0.29, 0.717) is 26.9 Å². The average molecular weight is 329 g/mol. The van der Waals surface area contributed by atoms with E-state index in [1.807, 2.05) is 0 Å². The first-order chi connectivity index (χ1) is 9.93. The lowest BCUT2D eigenvalue weighted by atomic mass is 10.1. The minimum Gasteiger partial charge on any atom is -0.388 e. The van der Waals surface area contributed by atoms with Gasteiger partial charge in [0.2, 0.25) is 0 Å². The number of hydrogen-bond acceptors (Lipinski definition) is 4. The van der Waals surface area contributed by atoms with Crippen molar-refractivity contribution in [1.29, 1.82) is 0 Å². The normalized spacial score (nSPS) is 29.2. The minimum atomic E-state index is -1.06. The topological polar surface area (TPSA) is 67.5 Å². The highest BCUT2D eigenvalue weighted by Gasteiger charge is 2.42. The predicted molar refractivity (Wildman–Crippen MR) is 81.4 cm³/mol. The Bertz CT molecular complexity index is 716. The molecule has 0 amide bonds. The molecule has 1 fully saturated rings. The molecule has 2 heterocycles. The van der Waals surface area contributed by atoms with Crippen molar-refractivity contribution in [3.05, 3.63) is 34.6 Å². The van der Waals surface area contributed by atoms with E-state index >= 15 is 0 Å². The van der Waals surface area contributed by atoms with Crippen LogP contribution >= 0.6 is 23.2 Å². The number of nitrogens with zero attached hydrogens (tertiary/aromatic N) is 2. The maximum absolute atomic E-state index is 10.2.